The Hall–Kier alpha value is -0.833. The van der Waals surface area contributed by atoms with Crippen LogP contribution in [0, 0.1) is 0 Å². The van der Waals surface area contributed by atoms with Gasteiger partial charge in [-0.2, -0.15) is 0 Å². The summed E-state index contributed by atoms with van der Waals surface area (Å²) >= 11 is 0. The van der Waals surface area contributed by atoms with Gasteiger partial charge in [-0.25, -0.2) is 0 Å². The first-order valence-electron chi connectivity index (χ1n) is 3.45. The molecule has 0 aromatic heterocycles. The molecule has 3 heteroatoms. The van der Waals surface area contributed by atoms with Gasteiger partial charge in [-0.15, -0.1) is 0 Å². The zero-order chi connectivity index (χ0) is 8.91. The molecule has 2 nitrogen and oxygen atoms in total. The van der Waals surface area contributed by atoms with E-state index in [0.29, 0.717) is 12.0 Å². The molecular weight excluding hydrogens is 156 g/mol. The lowest BCUT2D eigenvalue weighted by molar-refractivity contribution is -0.104. The van der Waals surface area contributed by atoms with Crippen molar-refractivity contribution >= 4 is 14.6 Å². The lowest BCUT2D eigenvalue weighted by atomic mass is 10.5. The Labute approximate surface area is 68.7 Å². The van der Waals surface area contributed by atoms with Gasteiger partial charge in [0.2, 0.25) is 8.32 Å². The van der Waals surface area contributed by atoms with Gasteiger partial charge < -0.3 is 4.43 Å². The molecule has 0 N–H and O–H groups in total. The number of allylic oxidation sites excluding steroid dienone is 2. The van der Waals surface area contributed by atoms with E-state index in [1.54, 1.807) is 6.08 Å². The molecule has 0 aliphatic carbocycles. The molecule has 0 saturated carbocycles. The van der Waals surface area contributed by atoms with Gasteiger partial charge in [0, 0.05) is 0 Å². The predicted molar refractivity (Wildman–Crippen MR) is 48.8 cm³/mol. The topological polar surface area (TPSA) is 26.3 Å². The summed E-state index contributed by atoms with van der Waals surface area (Å²) in [6.45, 7) is 9.83. The van der Waals surface area contributed by atoms with Crippen molar-refractivity contribution in [2.75, 3.05) is 0 Å². The minimum atomic E-state index is -1.54. The predicted octanol–water partition coefficient (Wildman–Crippen LogP) is 2.11. The third kappa shape index (κ3) is 7.06. The summed E-state index contributed by atoms with van der Waals surface area (Å²) in [7, 11) is -1.54. The summed E-state index contributed by atoms with van der Waals surface area (Å²) in [5.41, 5.74) is 0. The molecule has 0 atom stereocenters. The van der Waals surface area contributed by atoms with E-state index in [1.165, 1.54) is 6.08 Å². The van der Waals surface area contributed by atoms with Gasteiger partial charge >= 0.3 is 0 Å². The average molecular weight is 170 g/mol. The fourth-order valence-corrected chi connectivity index (χ4v) is 1.43. The van der Waals surface area contributed by atoms with E-state index in [1.807, 2.05) is 0 Å². The molecule has 0 rings (SSSR count). The van der Waals surface area contributed by atoms with Crippen molar-refractivity contribution in [3.05, 3.63) is 24.5 Å². The maximum atomic E-state index is 9.90. The molecule has 0 saturated heterocycles. The quantitative estimate of drug-likeness (QED) is 0.212. The first kappa shape index (κ1) is 10.2. The third-order valence-electron chi connectivity index (χ3n) is 0.798. The van der Waals surface area contributed by atoms with Crippen molar-refractivity contribution < 1.29 is 9.22 Å². The summed E-state index contributed by atoms with van der Waals surface area (Å²) in [5, 5.41) is 0. The van der Waals surface area contributed by atoms with E-state index >= 15 is 0 Å². The summed E-state index contributed by atoms with van der Waals surface area (Å²) in [5.74, 6) is 0.566. The van der Waals surface area contributed by atoms with E-state index in [-0.39, 0.29) is 0 Å². The van der Waals surface area contributed by atoms with E-state index in [0.717, 1.165) is 0 Å². The zero-order valence-corrected chi connectivity index (χ0v) is 8.26. The van der Waals surface area contributed by atoms with Crippen LogP contribution in [0.1, 0.15) is 0 Å². The number of carbonyl (C=O) groups excluding carboxylic acids is 1. The maximum Gasteiger partial charge on any atom is 0.242 e. The highest BCUT2D eigenvalue weighted by Crippen LogP contribution is 2.08. The van der Waals surface area contributed by atoms with E-state index in [4.69, 9.17) is 4.43 Å². The fourth-order valence-electron chi connectivity index (χ4n) is 0.574. The van der Waals surface area contributed by atoms with E-state index < -0.39 is 8.32 Å². The van der Waals surface area contributed by atoms with Crippen LogP contribution in [-0.2, 0) is 9.22 Å². The second-order valence-electron chi connectivity index (χ2n) is 3.18. The Morgan fingerprint density at radius 3 is 2.36 bits per heavy atom. The highest BCUT2D eigenvalue weighted by atomic mass is 28.4. The molecule has 0 bridgehead atoms. The van der Waals surface area contributed by atoms with Gasteiger partial charge in [0.05, 0.1) is 5.76 Å². The van der Waals surface area contributed by atoms with Crippen LogP contribution in [0.25, 0.3) is 0 Å². The van der Waals surface area contributed by atoms with Crippen LogP contribution < -0.4 is 0 Å². The van der Waals surface area contributed by atoms with Gasteiger partial charge in [0.15, 0.2) is 0 Å². The number of hydrogen-bond acceptors (Lipinski definition) is 2. The lowest BCUT2D eigenvalue weighted by Crippen LogP contribution is -2.24. The molecule has 0 aliphatic rings. The van der Waals surface area contributed by atoms with Crippen molar-refractivity contribution in [1.82, 2.24) is 0 Å². The highest BCUT2D eigenvalue weighted by Gasteiger charge is 2.15. The monoisotopic (exact) mass is 170 g/mol. The van der Waals surface area contributed by atoms with E-state index in [9.17, 15) is 4.79 Å². The fraction of sp³-hybridized carbons (Fsp3) is 0.375. The van der Waals surface area contributed by atoms with Crippen LogP contribution in [0.5, 0.6) is 0 Å². The number of aldehydes is 1. The normalized spacial score (nSPS) is 11.5. The summed E-state index contributed by atoms with van der Waals surface area (Å²) in [6, 6.07) is 0. The smallest absolute Gasteiger partial charge is 0.242 e. The molecule has 11 heavy (non-hydrogen) atoms. The largest absolute Gasteiger partial charge is 0.545 e. The third-order valence-corrected chi connectivity index (χ3v) is 1.67. The number of hydrogen-bond donors (Lipinski definition) is 0. The van der Waals surface area contributed by atoms with Crippen LogP contribution in [0.2, 0.25) is 19.6 Å². The minimum Gasteiger partial charge on any atom is -0.545 e. The van der Waals surface area contributed by atoms with Crippen LogP contribution in [0.4, 0.5) is 0 Å². The average Bonchev–Trinajstić information content (AvgIpc) is 1.79. The summed E-state index contributed by atoms with van der Waals surface area (Å²) in [4.78, 5) is 9.90. The summed E-state index contributed by atoms with van der Waals surface area (Å²) in [6.07, 6.45) is 3.66. The van der Waals surface area contributed by atoms with Crippen LogP contribution >= 0.6 is 0 Å². The number of carbonyl (C=O) groups is 1. The second kappa shape index (κ2) is 4.13. The van der Waals surface area contributed by atoms with Crippen LogP contribution in [0.3, 0.4) is 0 Å². The maximum absolute atomic E-state index is 9.90. The molecule has 0 aromatic carbocycles. The van der Waals surface area contributed by atoms with Gasteiger partial charge in [-0.05, 0) is 31.8 Å². The Balaban J connectivity index is 3.89. The summed E-state index contributed by atoms with van der Waals surface area (Å²) < 4.78 is 5.44. The van der Waals surface area contributed by atoms with Crippen molar-refractivity contribution in [2.24, 2.45) is 0 Å². The Morgan fingerprint density at radius 2 is 2.00 bits per heavy atom. The zero-order valence-electron chi connectivity index (χ0n) is 7.26. The molecule has 0 spiro atoms. The second-order valence-corrected chi connectivity index (χ2v) is 7.60. The lowest BCUT2D eigenvalue weighted by Gasteiger charge is -2.18. The van der Waals surface area contributed by atoms with Gasteiger partial charge in [-0.1, -0.05) is 6.58 Å². The standard InChI is InChI=1S/C8H14O2Si/c1-8(6-5-7-9)10-11(2,3)4/h5-7H,1H2,2-4H3. The Kier molecular flexibility index (Phi) is 3.82. The van der Waals surface area contributed by atoms with Crippen molar-refractivity contribution in [1.29, 1.82) is 0 Å². The molecule has 0 unspecified atom stereocenters. The Bertz CT molecular complexity index is 177. The molecule has 0 heterocycles. The SMILES string of the molecule is C=C(C=CC=O)O[Si](C)(C)C. The molecule has 62 valence electrons. The van der Waals surface area contributed by atoms with E-state index in [2.05, 4.69) is 26.2 Å². The molecule has 0 aliphatic heterocycles. The van der Waals surface area contributed by atoms with Crippen molar-refractivity contribution in [3.63, 3.8) is 0 Å². The minimum absolute atomic E-state index is 0.566. The first-order valence-corrected chi connectivity index (χ1v) is 6.86. The van der Waals surface area contributed by atoms with Gasteiger partial charge in [0.25, 0.3) is 0 Å². The van der Waals surface area contributed by atoms with Gasteiger partial charge in [-0.3, -0.25) is 4.79 Å². The molecule has 0 aromatic rings. The molecular formula is C8H14O2Si. The molecule has 0 amide bonds. The number of rotatable bonds is 4. The van der Waals surface area contributed by atoms with Crippen LogP contribution in [-0.4, -0.2) is 14.6 Å². The molecule has 0 fully saturated rings. The van der Waals surface area contributed by atoms with Crippen LogP contribution in [0.15, 0.2) is 24.5 Å². The first-order chi connectivity index (χ1) is 4.95. The molecule has 0 radical (unpaired) electrons. The van der Waals surface area contributed by atoms with Crippen molar-refractivity contribution in [3.8, 4) is 0 Å². The Morgan fingerprint density at radius 1 is 1.45 bits per heavy atom. The highest BCUT2D eigenvalue weighted by molar-refractivity contribution is 6.70. The van der Waals surface area contributed by atoms with Crippen molar-refractivity contribution in [2.45, 2.75) is 19.6 Å². The van der Waals surface area contributed by atoms with Gasteiger partial charge in [0.1, 0.15) is 6.29 Å².